The number of carbonyl (C=O) groups is 1. The minimum atomic E-state index is 0.333. The molecule has 16 heavy (non-hydrogen) atoms. The van der Waals surface area contributed by atoms with Crippen LogP contribution in [0.15, 0.2) is 24.3 Å². The first-order valence-electron chi connectivity index (χ1n) is 6.18. The second-order valence-electron chi connectivity index (χ2n) is 4.97. The Balaban J connectivity index is 1.73. The van der Waals surface area contributed by atoms with Crippen molar-refractivity contribution in [3.8, 4) is 0 Å². The fourth-order valence-corrected chi connectivity index (χ4v) is 2.20. The van der Waals surface area contributed by atoms with Crippen LogP contribution in [0.4, 0.5) is 0 Å². The summed E-state index contributed by atoms with van der Waals surface area (Å²) in [7, 11) is 0. The van der Waals surface area contributed by atoms with Crippen LogP contribution < -0.4 is 0 Å². The van der Waals surface area contributed by atoms with Gasteiger partial charge >= 0.3 is 0 Å². The molecule has 84 valence electrons. The molecule has 1 saturated heterocycles. The van der Waals surface area contributed by atoms with Gasteiger partial charge in [0.2, 0.25) is 0 Å². The van der Waals surface area contributed by atoms with Gasteiger partial charge in [-0.15, -0.1) is 0 Å². The number of nitrogens with zero attached hydrogens (tertiary/aromatic N) is 1. The first-order valence-corrected chi connectivity index (χ1v) is 6.18. The molecule has 0 atom stereocenters. The Hall–Kier alpha value is -1.15. The normalized spacial score (nSPS) is 20.5. The Kier molecular flexibility index (Phi) is 2.52. The lowest BCUT2D eigenvalue weighted by Crippen LogP contribution is -2.36. The molecule has 1 saturated carbocycles. The summed E-state index contributed by atoms with van der Waals surface area (Å²) < 4.78 is 0. The molecule has 1 aromatic rings. The first-order chi connectivity index (χ1) is 7.83. The highest BCUT2D eigenvalue weighted by molar-refractivity contribution is 5.99. The Morgan fingerprint density at radius 2 is 2.12 bits per heavy atom. The van der Waals surface area contributed by atoms with Crippen molar-refractivity contribution in [2.45, 2.75) is 25.8 Å². The highest BCUT2D eigenvalue weighted by Gasteiger charge is 2.30. The molecule has 1 aliphatic heterocycles. The fourth-order valence-electron chi connectivity index (χ4n) is 2.20. The molecule has 1 aromatic carbocycles. The number of Topliss-reactive ketones (excluding diaryl/α,β-unsaturated/α-hetero) is 1. The number of carbonyl (C=O) groups excluding carboxylic acids is 1. The predicted octanol–water partition coefficient (Wildman–Crippen LogP) is 2.49. The molecule has 2 nitrogen and oxygen atoms in total. The van der Waals surface area contributed by atoms with Crippen molar-refractivity contribution in [2.24, 2.45) is 5.92 Å². The van der Waals surface area contributed by atoms with E-state index in [1.807, 2.05) is 12.1 Å². The topological polar surface area (TPSA) is 20.3 Å². The molecule has 3 rings (SSSR count). The van der Waals surface area contributed by atoms with E-state index in [4.69, 9.17) is 0 Å². The Labute approximate surface area is 96.3 Å². The first kappa shape index (κ1) is 10.0. The van der Waals surface area contributed by atoms with Gasteiger partial charge in [0.15, 0.2) is 5.78 Å². The van der Waals surface area contributed by atoms with Gasteiger partial charge in [-0.2, -0.15) is 0 Å². The van der Waals surface area contributed by atoms with Gasteiger partial charge in [-0.25, -0.2) is 0 Å². The van der Waals surface area contributed by atoms with Gasteiger partial charge in [-0.05, 0) is 44.0 Å². The third kappa shape index (κ3) is 2.03. The van der Waals surface area contributed by atoms with Crippen molar-refractivity contribution in [1.82, 2.24) is 4.90 Å². The van der Waals surface area contributed by atoms with Crippen LogP contribution in [0.3, 0.4) is 0 Å². The summed E-state index contributed by atoms with van der Waals surface area (Å²) in [5.41, 5.74) is 2.20. The highest BCUT2D eigenvalue weighted by atomic mass is 16.1. The van der Waals surface area contributed by atoms with Gasteiger partial charge in [0.1, 0.15) is 0 Å². The third-order valence-corrected chi connectivity index (χ3v) is 3.51. The van der Waals surface area contributed by atoms with Crippen LogP contribution in [-0.2, 0) is 6.54 Å². The smallest absolute Gasteiger partial charge is 0.165 e. The fraction of sp³-hybridized carbons (Fsp3) is 0.500. The summed E-state index contributed by atoms with van der Waals surface area (Å²) in [5.74, 6) is 0.685. The molecule has 2 heteroatoms. The van der Waals surface area contributed by atoms with Gasteiger partial charge in [0, 0.05) is 18.0 Å². The minimum Gasteiger partial charge on any atom is -0.299 e. The minimum absolute atomic E-state index is 0.333. The molecule has 0 N–H and O–H groups in total. The lowest BCUT2D eigenvalue weighted by molar-refractivity contribution is 0.0967. The number of rotatable bonds is 4. The number of hydrogen-bond donors (Lipinski definition) is 0. The number of hydrogen-bond acceptors (Lipinski definition) is 2. The molecule has 2 aliphatic rings. The van der Waals surface area contributed by atoms with E-state index in [0.717, 1.165) is 24.9 Å². The maximum absolute atomic E-state index is 11.9. The molecular formula is C14H17NO. The third-order valence-electron chi connectivity index (χ3n) is 3.51. The molecule has 0 amide bonds. The molecule has 1 aliphatic carbocycles. The maximum atomic E-state index is 11.9. The molecule has 0 bridgehead atoms. The van der Waals surface area contributed by atoms with E-state index in [0.29, 0.717) is 11.7 Å². The number of benzene rings is 1. The standard InChI is InChI=1S/C14H17NO/c16-14(12-5-6-12)13-4-1-3-11(9-13)10-15-7-2-8-15/h1,3-4,9,12H,2,5-8,10H2. The molecule has 0 radical (unpaired) electrons. The number of likely N-dealkylation sites (tertiary alicyclic amines) is 1. The van der Waals surface area contributed by atoms with E-state index in [2.05, 4.69) is 17.0 Å². The molecule has 0 spiro atoms. The van der Waals surface area contributed by atoms with E-state index >= 15 is 0 Å². The van der Waals surface area contributed by atoms with Crippen molar-refractivity contribution in [3.05, 3.63) is 35.4 Å². The summed E-state index contributed by atoms with van der Waals surface area (Å²) in [6.45, 7) is 3.42. The average molecular weight is 215 g/mol. The summed E-state index contributed by atoms with van der Waals surface area (Å²) in [5, 5.41) is 0. The van der Waals surface area contributed by atoms with Crippen molar-refractivity contribution < 1.29 is 4.79 Å². The van der Waals surface area contributed by atoms with Gasteiger partial charge in [-0.1, -0.05) is 18.2 Å². The van der Waals surface area contributed by atoms with Crippen LogP contribution in [0.1, 0.15) is 35.2 Å². The van der Waals surface area contributed by atoms with Crippen LogP contribution in [0.2, 0.25) is 0 Å². The molecule has 0 unspecified atom stereocenters. The summed E-state index contributed by atoms with van der Waals surface area (Å²) in [6.07, 6.45) is 3.51. The Morgan fingerprint density at radius 3 is 2.75 bits per heavy atom. The predicted molar refractivity (Wildman–Crippen MR) is 63.4 cm³/mol. The van der Waals surface area contributed by atoms with Gasteiger partial charge < -0.3 is 0 Å². The molecule has 0 aromatic heterocycles. The quantitative estimate of drug-likeness (QED) is 0.719. The van der Waals surface area contributed by atoms with E-state index < -0.39 is 0 Å². The Morgan fingerprint density at radius 1 is 1.31 bits per heavy atom. The van der Waals surface area contributed by atoms with Crippen LogP contribution in [0.5, 0.6) is 0 Å². The lowest BCUT2D eigenvalue weighted by Gasteiger charge is -2.30. The van der Waals surface area contributed by atoms with E-state index in [1.165, 1.54) is 25.1 Å². The van der Waals surface area contributed by atoms with Crippen molar-refractivity contribution in [2.75, 3.05) is 13.1 Å². The van der Waals surface area contributed by atoms with Crippen LogP contribution in [-0.4, -0.2) is 23.8 Å². The van der Waals surface area contributed by atoms with E-state index in [-0.39, 0.29) is 0 Å². The van der Waals surface area contributed by atoms with Crippen molar-refractivity contribution >= 4 is 5.78 Å². The van der Waals surface area contributed by atoms with Gasteiger partial charge in [0.05, 0.1) is 0 Å². The van der Waals surface area contributed by atoms with E-state index in [1.54, 1.807) is 0 Å². The summed E-state index contributed by atoms with van der Waals surface area (Å²) in [6, 6.07) is 8.19. The second kappa shape index (κ2) is 4.02. The van der Waals surface area contributed by atoms with Gasteiger partial charge in [-0.3, -0.25) is 9.69 Å². The molecule has 2 fully saturated rings. The maximum Gasteiger partial charge on any atom is 0.165 e. The van der Waals surface area contributed by atoms with Crippen LogP contribution in [0.25, 0.3) is 0 Å². The van der Waals surface area contributed by atoms with Gasteiger partial charge in [0.25, 0.3) is 0 Å². The highest BCUT2D eigenvalue weighted by Crippen LogP contribution is 2.32. The molecule has 1 heterocycles. The molecular weight excluding hydrogens is 198 g/mol. The van der Waals surface area contributed by atoms with Crippen LogP contribution in [0, 0.1) is 5.92 Å². The summed E-state index contributed by atoms with van der Waals surface area (Å²) in [4.78, 5) is 14.3. The number of ketones is 1. The zero-order chi connectivity index (χ0) is 11.0. The second-order valence-corrected chi connectivity index (χ2v) is 4.97. The average Bonchev–Trinajstić information content (AvgIpc) is 3.07. The van der Waals surface area contributed by atoms with Crippen molar-refractivity contribution in [3.63, 3.8) is 0 Å². The largest absolute Gasteiger partial charge is 0.299 e. The zero-order valence-electron chi connectivity index (χ0n) is 9.48. The summed E-state index contributed by atoms with van der Waals surface area (Å²) >= 11 is 0. The lowest BCUT2D eigenvalue weighted by atomic mass is 10.0. The van der Waals surface area contributed by atoms with Crippen LogP contribution >= 0.6 is 0 Å². The van der Waals surface area contributed by atoms with Crippen molar-refractivity contribution in [1.29, 1.82) is 0 Å². The Bertz CT molecular complexity index is 405. The monoisotopic (exact) mass is 215 g/mol. The zero-order valence-corrected chi connectivity index (χ0v) is 9.48. The SMILES string of the molecule is O=C(c1cccc(CN2CCC2)c1)C1CC1. The van der Waals surface area contributed by atoms with E-state index in [9.17, 15) is 4.79 Å².